The number of aromatic nitrogens is 1. The van der Waals surface area contributed by atoms with Gasteiger partial charge in [-0.05, 0) is 70.7 Å². The zero-order valence-electron chi connectivity index (χ0n) is 11.7. The molecule has 2 aromatic rings. The third kappa shape index (κ3) is 4.05. The second kappa shape index (κ2) is 7.21. The van der Waals surface area contributed by atoms with Crippen LogP contribution in [0.4, 0.5) is 0 Å². The molecule has 0 saturated heterocycles. The fourth-order valence-corrected chi connectivity index (χ4v) is 2.92. The molecule has 0 spiro atoms. The summed E-state index contributed by atoms with van der Waals surface area (Å²) in [6.45, 7) is 5.15. The Morgan fingerprint density at radius 1 is 1.30 bits per heavy atom. The Bertz CT molecular complexity index is 586. The molecule has 1 unspecified atom stereocenters. The lowest BCUT2D eigenvalue weighted by atomic mass is 9.96. The van der Waals surface area contributed by atoms with Gasteiger partial charge < -0.3 is 5.32 Å². The van der Waals surface area contributed by atoms with Crippen LogP contribution in [0, 0.1) is 6.92 Å². The van der Waals surface area contributed by atoms with Crippen LogP contribution in [-0.2, 0) is 6.42 Å². The lowest BCUT2D eigenvalue weighted by Crippen LogP contribution is -2.23. The van der Waals surface area contributed by atoms with Gasteiger partial charge in [-0.25, -0.2) is 0 Å². The van der Waals surface area contributed by atoms with E-state index in [1.165, 1.54) is 16.7 Å². The van der Waals surface area contributed by atoms with Crippen molar-refractivity contribution in [3.8, 4) is 0 Å². The molecule has 1 aromatic carbocycles. The molecule has 106 valence electrons. The minimum atomic E-state index is 0.245. The minimum absolute atomic E-state index is 0.245. The molecule has 0 amide bonds. The van der Waals surface area contributed by atoms with Gasteiger partial charge in [0.15, 0.2) is 0 Å². The lowest BCUT2D eigenvalue weighted by molar-refractivity contribution is 0.546. The van der Waals surface area contributed by atoms with Crippen molar-refractivity contribution in [3.05, 3.63) is 62.8 Å². The standard InChI is InChI=1S/C16H18BrClN2/c1-3-20-16(7-12-6-13(17)10-19-9-12)15-8-14(18)5-4-11(15)2/h4-6,8-10,16,20H,3,7H2,1-2H3. The van der Waals surface area contributed by atoms with Gasteiger partial charge in [-0.3, -0.25) is 4.98 Å². The van der Waals surface area contributed by atoms with E-state index in [1.807, 2.05) is 12.3 Å². The van der Waals surface area contributed by atoms with Crippen LogP contribution in [0.3, 0.4) is 0 Å². The Balaban J connectivity index is 2.29. The van der Waals surface area contributed by atoms with Gasteiger partial charge in [0.1, 0.15) is 0 Å². The van der Waals surface area contributed by atoms with Crippen molar-refractivity contribution in [1.29, 1.82) is 0 Å². The summed E-state index contributed by atoms with van der Waals surface area (Å²) in [5.41, 5.74) is 3.70. The summed E-state index contributed by atoms with van der Waals surface area (Å²) in [5.74, 6) is 0. The van der Waals surface area contributed by atoms with Gasteiger partial charge in [-0.2, -0.15) is 0 Å². The molecule has 0 bridgehead atoms. The van der Waals surface area contributed by atoms with Gasteiger partial charge in [0, 0.05) is 27.9 Å². The Kier molecular flexibility index (Phi) is 5.58. The molecule has 0 aliphatic carbocycles. The van der Waals surface area contributed by atoms with Crippen LogP contribution >= 0.6 is 27.5 Å². The molecule has 0 aliphatic heterocycles. The van der Waals surface area contributed by atoms with Crippen LogP contribution in [0.25, 0.3) is 0 Å². The number of rotatable bonds is 5. The zero-order chi connectivity index (χ0) is 14.5. The average Bonchev–Trinajstić information content (AvgIpc) is 2.41. The van der Waals surface area contributed by atoms with E-state index in [9.17, 15) is 0 Å². The van der Waals surface area contributed by atoms with Gasteiger partial charge in [-0.1, -0.05) is 24.6 Å². The summed E-state index contributed by atoms with van der Waals surface area (Å²) in [5, 5.41) is 4.31. The molecule has 2 rings (SSSR count). The van der Waals surface area contributed by atoms with Gasteiger partial charge in [0.2, 0.25) is 0 Å². The molecule has 0 saturated carbocycles. The number of benzene rings is 1. The predicted octanol–water partition coefficient (Wildman–Crippen LogP) is 4.70. The molecule has 0 fully saturated rings. The van der Waals surface area contributed by atoms with Crippen molar-refractivity contribution in [2.24, 2.45) is 0 Å². The molecule has 0 aliphatic rings. The van der Waals surface area contributed by atoms with Gasteiger partial charge in [0.05, 0.1) is 0 Å². The minimum Gasteiger partial charge on any atom is -0.310 e. The lowest BCUT2D eigenvalue weighted by Gasteiger charge is -2.21. The van der Waals surface area contributed by atoms with E-state index in [2.05, 4.69) is 58.3 Å². The van der Waals surface area contributed by atoms with E-state index in [0.29, 0.717) is 0 Å². The molecular weight excluding hydrogens is 336 g/mol. The number of hydrogen-bond acceptors (Lipinski definition) is 2. The van der Waals surface area contributed by atoms with Crippen LogP contribution in [0.15, 0.2) is 41.1 Å². The molecule has 1 N–H and O–H groups in total. The largest absolute Gasteiger partial charge is 0.310 e. The first-order chi connectivity index (χ1) is 9.60. The van der Waals surface area contributed by atoms with Crippen molar-refractivity contribution >= 4 is 27.5 Å². The van der Waals surface area contributed by atoms with Crippen LogP contribution in [0.2, 0.25) is 5.02 Å². The highest BCUT2D eigenvalue weighted by Gasteiger charge is 2.14. The maximum absolute atomic E-state index is 6.14. The second-order valence-corrected chi connectivity index (χ2v) is 6.18. The van der Waals surface area contributed by atoms with E-state index >= 15 is 0 Å². The van der Waals surface area contributed by atoms with E-state index < -0.39 is 0 Å². The van der Waals surface area contributed by atoms with Crippen LogP contribution in [0.1, 0.15) is 29.7 Å². The molecule has 0 radical (unpaired) electrons. The molecule has 1 heterocycles. The highest BCUT2D eigenvalue weighted by molar-refractivity contribution is 9.10. The van der Waals surface area contributed by atoms with E-state index in [4.69, 9.17) is 11.6 Å². The molecule has 1 atom stereocenters. The first kappa shape index (κ1) is 15.5. The first-order valence-corrected chi connectivity index (χ1v) is 7.86. The normalized spacial score (nSPS) is 12.4. The Morgan fingerprint density at radius 2 is 2.10 bits per heavy atom. The SMILES string of the molecule is CCNC(Cc1cncc(Br)c1)c1cc(Cl)ccc1C. The summed E-state index contributed by atoms with van der Waals surface area (Å²) in [7, 11) is 0. The number of aryl methyl sites for hydroxylation is 1. The van der Waals surface area contributed by atoms with Crippen molar-refractivity contribution in [2.45, 2.75) is 26.3 Å². The van der Waals surface area contributed by atoms with Gasteiger partial charge in [0.25, 0.3) is 0 Å². The number of likely N-dealkylation sites (N-methyl/N-ethyl adjacent to an activating group) is 1. The van der Waals surface area contributed by atoms with Crippen molar-refractivity contribution in [3.63, 3.8) is 0 Å². The van der Waals surface area contributed by atoms with E-state index in [0.717, 1.165) is 22.5 Å². The second-order valence-electron chi connectivity index (χ2n) is 4.83. The molecule has 2 nitrogen and oxygen atoms in total. The average molecular weight is 354 g/mol. The van der Waals surface area contributed by atoms with E-state index in [-0.39, 0.29) is 6.04 Å². The maximum Gasteiger partial charge on any atom is 0.0410 e. The predicted molar refractivity (Wildman–Crippen MR) is 88.2 cm³/mol. The molecule has 4 heteroatoms. The molecular formula is C16H18BrClN2. The number of nitrogens with one attached hydrogen (secondary N) is 1. The van der Waals surface area contributed by atoms with Gasteiger partial charge >= 0.3 is 0 Å². The quantitative estimate of drug-likeness (QED) is 0.843. The van der Waals surface area contributed by atoms with Crippen LogP contribution < -0.4 is 5.32 Å². The van der Waals surface area contributed by atoms with Crippen molar-refractivity contribution < 1.29 is 0 Å². The first-order valence-electron chi connectivity index (χ1n) is 6.69. The number of hydrogen-bond donors (Lipinski definition) is 1. The van der Waals surface area contributed by atoms with E-state index in [1.54, 1.807) is 6.20 Å². The fourth-order valence-electron chi connectivity index (χ4n) is 2.33. The summed E-state index contributed by atoms with van der Waals surface area (Å²) in [4.78, 5) is 4.23. The Labute approximate surface area is 133 Å². The number of nitrogens with zero attached hydrogens (tertiary/aromatic N) is 1. The highest BCUT2D eigenvalue weighted by atomic mass is 79.9. The summed E-state index contributed by atoms with van der Waals surface area (Å²) in [6, 6.07) is 8.41. The maximum atomic E-state index is 6.14. The summed E-state index contributed by atoms with van der Waals surface area (Å²) >= 11 is 9.61. The van der Waals surface area contributed by atoms with Crippen LogP contribution in [-0.4, -0.2) is 11.5 Å². The molecule has 1 aromatic heterocycles. The topological polar surface area (TPSA) is 24.9 Å². The summed E-state index contributed by atoms with van der Waals surface area (Å²) in [6.07, 6.45) is 4.60. The Hall–Kier alpha value is -0.900. The third-order valence-corrected chi connectivity index (χ3v) is 3.94. The van der Waals surface area contributed by atoms with Crippen LogP contribution in [0.5, 0.6) is 0 Å². The number of halogens is 2. The van der Waals surface area contributed by atoms with Gasteiger partial charge in [-0.15, -0.1) is 0 Å². The van der Waals surface area contributed by atoms with Crippen molar-refractivity contribution in [1.82, 2.24) is 10.3 Å². The molecule has 20 heavy (non-hydrogen) atoms. The number of pyridine rings is 1. The summed E-state index contributed by atoms with van der Waals surface area (Å²) < 4.78 is 1.01. The highest BCUT2D eigenvalue weighted by Crippen LogP contribution is 2.25. The van der Waals surface area contributed by atoms with Crippen molar-refractivity contribution in [2.75, 3.05) is 6.54 Å². The Morgan fingerprint density at radius 3 is 2.80 bits per heavy atom. The smallest absolute Gasteiger partial charge is 0.0410 e. The fraction of sp³-hybridized carbons (Fsp3) is 0.312. The monoisotopic (exact) mass is 352 g/mol. The zero-order valence-corrected chi connectivity index (χ0v) is 14.0. The third-order valence-electron chi connectivity index (χ3n) is 3.27.